The molecule has 0 saturated carbocycles. The summed E-state index contributed by atoms with van der Waals surface area (Å²) >= 11 is 0. The molecule has 1 aromatic carbocycles. The second-order valence-corrected chi connectivity index (χ2v) is 5.84. The molecular weight excluding hydrogens is 310 g/mol. The van der Waals surface area contributed by atoms with Crippen molar-refractivity contribution in [1.29, 1.82) is 0 Å². The van der Waals surface area contributed by atoms with Crippen LogP contribution in [0.25, 0.3) is 0 Å². The largest absolute Gasteiger partial charge is 0.466 e. The summed E-state index contributed by atoms with van der Waals surface area (Å²) in [5.41, 5.74) is 0.304. The Kier molecular flexibility index (Phi) is 3.84. The van der Waals surface area contributed by atoms with Crippen molar-refractivity contribution in [2.24, 2.45) is 0 Å². The van der Waals surface area contributed by atoms with E-state index < -0.39 is 23.4 Å². The Morgan fingerprint density at radius 1 is 1.29 bits per heavy atom. The van der Waals surface area contributed by atoms with Crippen LogP contribution in [0.3, 0.4) is 0 Å². The van der Waals surface area contributed by atoms with Gasteiger partial charge in [-0.1, -0.05) is 12.1 Å². The summed E-state index contributed by atoms with van der Waals surface area (Å²) in [6, 6.07) is 9.87. The second-order valence-electron chi connectivity index (χ2n) is 5.84. The normalized spacial score (nSPS) is 20.2. The summed E-state index contributed by atoms with van der Waals surface area (Å²) < 4.78 is 5.24. The van der Waals surface area contributed by atoms with Crippen LogP contribution in [-0.2, 0) is 15.1 Å². The maximum atomic E-state index is 12.6. The molecule has 1 unspecified atom stereocenters. The van der Waals surface area contributed by atoms with Gasteiger partial charge in [0.1, 0.15) is 12.3 Å². The number of amides is 4. The average molecular weight is 327 g/mol. The highest BCUT2D eigenvalue weighted by molar-refractivity contribution is 6.10. The van der Waals surface area contributed by atoms with Crippen molar-refractivity contribution in [2.75, 3.05) is 11.9 Å². The molecule has 7 heteroatoms. The van der Waals surface area contributed by atoms with Crippen molar-refractivity contribution in [1.82, 2.24) is 10.2 Å². The molecule has 4 amide bonds. The van der Waals surface area contributed by atoms with E-state index in [4.69, 9.17) is 4.42 Å². The third kappa shape index (κ3) is 2.76. The number of furan rings is 1. The Labute approximate surface area is 138 Å². The first-order chi connectivity index (χ1) is 11.4. The summed E-state index contributed by atoms with van der Waals surface area (Å²) in [5.74, 6) is -0.655. The van der Waals surface area contributed by atoms with E-state index in [-0.39, 0.29) is 6.54 Å². The Morgan fingerprint density at radius 3 is 2.75 bits per heavy atom. The Morgan fingerprint density at radius 2 is 2.08 bits per heavy atom. The van der Waals surface area contributed by atoms with E-state index in [1.807, 2.05) is 19.1 Å². The lowest BCUT2D eigenvalue weighted by atomic mass is 9.99. The van der Waals surface area contributed by atoms with Gasteiger partial charge in [-0.15, -0.1) is 0 Å². The number of aryl methyl sites for hydroxylation is 1. The van der Waals surface area contributed by atoms with Crippen molar-refractivity contribution in [3.05, 3.63) is 54.0 Å². The Bertz CT molecular complexity index is 800. The topological polar surface area (TPSA) is 91.7 Å². The molecule has 1 aromatic heterocycles. The van der Waals surface area contributed by atoms with Gasteiger partial charge in [0.05, 0.1) is 6.26 Å². The standard InChI is InChI=1S/C17H17N3O4/c1-11-5-3-6-12(9-11)18-14(21)10-20-15(22)17(2,19-16(20)23)13-7-4-8-24-13/h3-9H,10H2,1-2H3,(H,18,21)(H,19,23). The molecule has 2 N–H and O–H groups in total. The molecule has 1 fully saturated rings. The van der Waals surface area contributed by atoms with Gasteiger partial charge in [0, 0.05) is 5.69 Å². The fraction of sp³-hybridized carbons (Fsp3) is 0.235. The predicted octanol–water partition coefficient (Wildman–Crippen LogP) is 1.99. The van der Waals surface area contributed by atoms with Gasteiger partial charge in [-0.25, -0.2) is 4.79 Å². The molecular formula is C17H17N3O4. The predicted molar refractivity (Wildman–Crippen MR) is 86.1 cm³/mol. The minimum Gasteiger partial charge on any atom is -0.466 e. The highest BCUT2D eigenvalue weighted by Crippen LogP contribution is 2.28. The fourth-order valence-electron chi connectivity index (χ4n) is 2.64. The summed E-state index contributed by atoms with van der Waals surface area (Å²) in [6.07, 6.45) is 1.42. The van der Waals surface area contributed by atoms with E-state index in [0.29, 0.717) is 11.4 Å². The maximum Gasteiger partial charge on any atom is 0.325 e. The van der Waals surface area contributed by atoms with Gasteiger partial charge in [-0.3, -0.25) is 14.5 Å². The highest BCUT2D eigenvalue weighted by atomic mass is 16.3. The number of carbonyl (C=O) groups is 3. The minimum atomic E-state index is -1.30. The molecule has 1 atom stereocenters. The number of nitrogens with zero attached hydrogens (tertiary/aromatic N) is 1. The molecule has 0 spiro atoms. The number of carbonyl (C=O) groups excluding carboxylic acids is 3. The van der Waals surface area contributed by atoms with Crippen molar-refractivity contribution in [3.8, 4) is 0 Å². The van der Waals surface area contributed by atoms with Crippen LogP contribution in [0.1, 0.15) is 18.2 Å². The zero-order chi connectivity index (χ0) is 17.3. The van der Waals surface area contributed by atoms with Crippen LogP contribution >= 0.6 is 0 Å². The van der Waals surface area contributed by atoms with Crippen molar-refractivity contribution < 1.29 is 18.8 Å². The summed E-state index contributed by atoms with van der Waals surface area (Å²) in [7, 11) is 0. The van der Waals surface area contributed by atoms with Crippen LogP contribution in [0.2, 0.25) is 0 Å². The molecule has 2 aromatic rings. The lowest BCUT2D eigenvalue weighted by molar-refractivity contribution is -0.134. The SMILES string of the molecule is Cc1cccc(NC(=O)CN2C(=O)NC(C)(c3ccco3)C2=O)c1. The zero-order valence-electron chi connectivity index (χ0n) is 13.3. The molecule has 0 bridgehead atoms. The molecule has 0 radical (unpaired) electrons. The van der Waals surface area contributed by atoms with Crippen molar-refractivity contribution in [3.63, 3.8) is 0 Å². The van der Waals surface area contributed by atoms with Crippen LogP contribution in [0.15, 0.2) is 47.1 Å². The Balaban J connectivity index is 1.72. The third-order valence-electron chi connectivity index (χ3n) is 3.89. The van der Waals surface area contributed by atoms with Crippen molar-refractivity contribution >= 4 is 23.5 Å². The van der Waals surface area contributed by atoms with E-state index >= 15 is 0 Å². The quantitative estimate of drug-likeness (QED) is 0.840. The van der Waals surface area contributed by atoms with E-state index in [1.165, 1.54) is 6.26 Å². The fourth-order valence-corrected chi connectivity index (χ4v) is 2.64. The average Bonchev–Trinajstić information content (AvgIpc) is 3.12. The molecule has 1 aliphatic rings. The molecule has 3 rings (SSSR count). The smallest absolute Gasteiger partial charge is 0.325 e. The molecule has 24 heavy (non-hydrogen) atoms. The van der Waals surface area contributed by atoms with Gasteiger partial charge in [0.15, 0.2) is 5.54 Å². The molecule has 124 valence electrons. The molecule has 2 heterocycles. The lowest BCUT2D eigenvalue weighted by Gasteiger charge is -2.18. The van der Waals surface area contributed by atoms with Gasteiger partial charge in [0.2, 0.25) is 5.91 Å². The second kappa shape index (κ2) is 5.84. The minimum absolute atomic E-state index is 0.322. The van der Waals surface area contributed by atoms with Gasteiger partial charge in [-0.05, 0) is 43.7 Å². The molecule has 7 nitrogen and oxygen atoms in total. The van der Waals surface area contributed by atoms with Gasteiger partial charge < -0.3 is 15.1 Å². The number of rotatable bonds is 4. The first-order valence-corrected chi connectivity index (χ1v) is 7.45. The number of hydrogen-bond donors (Lipinski definition) is 2. The van der Waals surface area contributed by atoms with E-state index in [0.717, 1.165) is 10.5 Å². The molecule has 1 aliphatic heterocycles. The summed E-state index contributed by atoms with van der Waals surface area (Å²) in [4.78, 5) is 37.7. The Hall–Kier alpha value is -3.09. The van der Waals surface area contributed by atoms with Crippen LogP contribution in [0, 0.1) is 6.92 Å². The number of nitrogens with one attached hydrogen (secondary N) is 2. The monoisotopic (exact) mass is 327 g/mol. The third-order valence-corrected chi connectivity index (χ3v) is 3.89. The molecule has 0 aliphatic carbocycles. The van der Waals surface area contributed by atoms with Crippen molar-refractivity contribution in [2.45, 2.75) is 19.4 Å². The van der Waals surface area contributed by atoms with Crippen LogP contribution < -0.4 is 10.6 Å². The zero-order valence-corrected chi connectivity index (χ0v) is 13.3. The number of benzene rings is 1. The van der Waals surface area contributed by atoms with Gasteiger partial charge in [0.25, 0.3) is 5.91 Å². The van der Waals surface area contributed by atoms with Gasteiger partial charge in [-0.2, -0.15) is 0 Å². The maximum absolute atomic E-state index is 12.6. The van der Waals surface area contributed by atoms with E-state index in [1.54, 1.807) is 31.2 Å². The van der Waals surface area contributed by atoms with E-state index in [2.05, 4.69) is 10.6 Å². The lowest BCUT2D eigenvalue weighted by Crippen LogP contribution is -2.41. The number of imide groups is 1. The number of anilines is 1. The first-order valence-electron chi connectivity index (χ1n) is 7.45. The summed E-state index contributed by atoms with van der Waals surface area (Å²) in [6.45, 7) is 3.08. The number of hydrogen-bond acceptors (Lipinski definition) is 4. The first kappa shape index (κ1) is 15.8. The molecule has 1 saturated heterocycles. The summed E-state index contributed by atoms with van der Waals surface area (Å²) in [5, 5.41) is 5.25. The number of urea groups is 1. The van der Waals surface area contributed by atoms with Crippen LogP contribution in [0.4, 0.5) is 10.5 Å². The van der Waals surface area contributed by atoms with Crippen LogP contribution in [0.5, 0.6) is 0 Å². The highest BCUT2D eigenvalue weighted by Gasteiger charge is 2.51. The van der Waals surface area contributed by atoms with Crippen LogP contribution in [-0.4, -0.2) is 29.3 Å². The van der Waals surface area contributed by atoms with Gasteiger partial charge >= 0.3 is 6.03 Å². The van der Waals surface area contributed by atoms with E-state index in [9.17, 15) is 14.4 Å².